The molecule has 0 bridgehead atoms. The van der Waals surface area contributed by atoms with E-state index in [1.165, 1.54) is 27.7 Å². The van der Waals surface area contributed by atoms with Crippen LogP contribution in [0.3, 0.4) is 0 Å². The minimum absolute atomic E-state index is 0.468. The number of hydrogen-bond acceptors (Lipinski definition) is 2. The van der Waals surface area contributed by atoms with Gasteiger partial charge in [-0.3, -0.25) is 9.88 Å². The van der Waals surface area contributed by atoms with Crippen LogP contribution in [0.4, 0.5) is 0 Å². The van der Waals surface area contributed by atoms with Crippen molar-refractivity contribution in [1.29, 1.82) is 0 Å². The highest BCUT2D eigenvalue weighted by atomic mass is 15.2. The standard InChI is InChI=1S/C21H25N3/c1-15-14-20-21(16(2)23(15)3)18-6-4-5-7-19(18)24(20)13-10-17-8-11-22-12-9-17/h4-9,11-12,15-16H,10,13-14H2,1-3H3. The van der Waals surface area contributed by atoms with Crippen LogP contribution < -0.4 is 0 Å². The van der Waals surface area contributed by atoms with Crippen molar-refractivity contribution >= 4 is 10.9 Å². The smallest absolute Gasteiger partial charge is 0.0486 e. The van der Waals surface area contributed by atoms with Gasteiger partial charge in [-0.25, -0.2) is 0 Å². The second-order valence-corrected chi connectivity index (χ2v) is 7.03. The first-order valence-electron chi connectivity index (χ1n) is 8.87. The van der Waals surface area contributed by atoms with E-state index >= 15 is 0 Å². The Morgan fingerprint density at radius 1 is 1.08 bits per heavy atom. The number of nitrogens with zero attached hydrogens (tertiary/aromatic N) is 3. The molecule has 0 N–H and O–H groups in total. The van der Waals surface area contributed by atoms with E-state index in [1.54, 1.807) is 0 Å². The molecule has 3 aromatic rings. The van der Waals surface area contributed by atoms with Crippen LogP contribution in [0.5, 0.6) is 0 Å². The first kappa shape index (κ1) is 15.4. The molecule has 3 heterocycles. The molecule has 0 spiro atoms. The van der Waals surface area contributed by atoms with E-state index in [2.05, 4.69) is 71.7 Å². The van der Waals surface area contributed by atoms with Crippen molar-refractivity contribution in [3.63, 3.8) is 0 Å². The number of likely N-dealkylation sites (N-methyl/N-ethyl adjacent to an activating group) is 1. The molecule has 1 aliphatic rings. The molecule has 2 atom stereocenters. The van der Waals surface area contributed by atoms with Gasteiger partial charge < -0.3 is 4.57 Å². The lowest BCUT2D eigenvalue weighted by Gasteiger charge is -2.36. The summed E-state index contributed by atoms with van der Waals surface area (Å²) in [6, 6.07) is 14.2. The molecule has 2 aromatic heterocycles. The molecule has 3 nitrogen and oxygen atoms in total. The highest BCUT2D eigenvalue weighted by Crippen LogP contribution is 2.39. The predicted octanol–water partition coefficient (Wildman–Crippen LogP) is 4.22. The molecule has 0 saturated heterocycles. The summed E-state index contributed by atoms with van der Waals surface area (Å²) < 4.78 is 2.56. The Labute approximate surface area is 143 Å². The fourth-order valence-electron chi connectivity index (χ4n) is 4.12. The summed E-state index contributed by atoms with van der Waals surface area (Å²) in [5.74, 6) is 0. The van der Waals surface area contributed by atoms with Gasteiger partial charge >= 0.3 is 0 Å². The summed E-state index contributed by atoms with van der Waals surface area (Å²) >= 11 is 0. The van der Waals surface area contributed by atoms with Crippen LogP contribution in [0.15, 0.2) is 48.8 Å². The molecular formula is C21H25N3. The Morgan fingerprint density at radius 2 is 1.83 bits per heavy atom. The minimum atomic E-state index is 0.468. The molecule has 1 aliphatic heterocycles. The first-order chi connectivity index (χ1) is 11.7. The maximum absolute atomic E-state index is 4.13. The molecule has 0 saturated carbocycles. The molecule has 124 valence electrons. The van der Waals surface area contributed by atoms with Gasteiger partial charge in [-0.2, -0.15) is 0 Å². The fraction of sp³-hybridized carbons (Fsp3) is 0.381. The van der Waals surface area contributed by atoms with Crippen LogP contribution in [0, 0.1) is 0 Å². The Hall–Kier alpha value is -2.13. The Balaban J connectivity index is 1.79. The number of aromatic nitrogens is 2. The molecule has 3 heteroatoms. The molecule has 0 fully saturated rings. The van der Waals surface area contributed by atoms with E-state index in [0.29, 0.717) is 12.1 Å². The van der Waals surface area contributed by atoms with Gasteiger partial charge in [0, 0.05) is 54.0 Å². The third-order valence-electron chi connectivity index (χ3n) is 5.71. The lowest BCUT2D eigenvalue weighted by atomic mass is 9.93. The average molecular weight is 319 g/mol. The van der Waals surface area contributed by atoms with Crippen molar-refractivity contribution in [2.45, 2.75) is 45.3 Å². The molecule has 0 radical (unpaired) electrons. The molecule has 0 amide bonds. The number of pyridine rings is 1. The third kappa shape index (κ3) is 2.44. The van der Waals surface area contributed by atoms with Gasteiger partial charge in [0.05, 0.1) is 0 Å². The zero-order chi connectivity index (χ0) is 16.7. The summed E-state index contributed by atoms with van der Waals surface area (Å²) in [6.07, 6.45) is 5.95. The van der Waals surface area contributed by atoms with Crippen molar-refractivity contribution in [3.8, 4) is 0 Å². The molecule has 0 aliphatic carbocycles. The zero-order valence-corrected chi connectivity index (χ0v) is 14.7. The number of rotatable bonds is 3. The SMILES string of the molecule is CC1Cc2c(c3ccccc3n2CCc2ccncc2)C(C)N1C. The number of benzene rings is 1. The van der Waals surface area contributed by atoms with Crippen molar-refractivity contribution < 1.29 is 0 Å². The number of hydrogen-bond donors (Lipinski definition) is 0. The van der Waals surface area contributed by atoms with Crippen LogP contribution in [0.1, 0.15) is 36.7 Å². The summed E-state index contributed by atoms with van der Waals surface area (Å²) in [4.78, 5) is 6.63. The minimum Gasteiger partial charge on any atom is -0.344 e. The maximum Gasteiger partial charge on any atom is 0.0486 e. The lowest BCUT2D eigenvalue weighted by molar-refractivity contribution is 0.177. The quantitative estimate of drug-likeness (QED) is 0.721. The van der Waals surface area contributed by atoms with Gasteiger partial charge in [0.25, 0.3) is 0 Å². The van der Waals surface area contributed by atoms with E-state index < -0.39 is 0 Å². The molecule has 2 unspecified atom stereocenters. The van der Waals surface area contributed by atoms with Crippen LogP contribution in [0.2, 0.25) is 0 Å². The van der Waals surface area contributed by atoms with E-state index in [-0.39, 0.29) is 0 Å². The van der Waals surface area contributed by atoms with E-state index in [0.717, 1.165) is 19.4 Å². The summed E-state index contributed by atoms with van der Waals surface area (Å²) in [5, 5.41) is 1.42. The van der Waals surface area contributed by atoms with Gasteiger partial charge in [0.15, 0.2) is 0 Å². The average Bonchev–Trinajstić information content (AvgIpc) is 2.92. The maximum atomic E-state index is 4.13. The van der Waals surface area contributed by atoms with Gasteiger partial charge in [-0.1, -0.05) is 18.2 Å². The second kappa shape index (κ2) is 6.06. The fourth-order valence-corrected chi connectivity index (χ4v) is 4.12. The normalized spacial score (nSPS) is 21.1. The lowest BCUT2D eigenvalue weighted by Crippen LogP contribution is -2.38. The second-order valence-electron chi connectivity index (χ2n) is 7.03. The van der Waals surface area contributed by atoms with E-state index in [4.69, 9.17) is 0 Å². The van der Waals surface area contributed by atoms with E-state index in [1.807, 2.05) is 12.4 Å². The number of aryl methyl sites for hydroxylation is 2. The summed E-state index contributed by atoms with van der Waals surface area (Å²) in [6.45, 7) is 5.71. The van der Waals surface area contributed by atoms with Crippen LogP contribution in [0.25, 0.3) is 10.9 Å². The van der Waals surface area contributed by atoms with Gasteiger partial charge in [0.2, 0.25) is 0 Å². The highest BCUT2D eigenvalue weighted by molar-refractivity contribution is 5.86. The Morgan fingerprint density at radius 3 is 2.62 bits per heavy atom. The molecular weight excluding hydrogens is 294 g/mol. The van der Waals surface area contributed by atoms with E-state index in [9.17, 15) is 0 Å². The Bertz CT molecular complexity index is 850. The monoisotopic (exact) mass is 319 g/mol. The summed E-state index contributed by atoms with van der Waals surface area (Å²) in [7, 11) is 2.25. The van der Waals surface area contributed by atoms with Crippen molar-refractivity contribution in [2.24, 2.45) is 0 Å². The molecule has 4 rings (SSSR count). The topological polar surface area (TPSA) is 21.1 Å². The summed E-state index contributed by atoms with van der Waals surface area (Å²) in [5.41, 5.74) is 5.79. The van der Waals surface area contributed by atoms with Gasteiger partial charge in [0.1, 0.15) is 0 Å². The van der Waals surface area contributed by atoms with Crippen LogP contribution >= 0.6 is 0 Å². The Kier molecular flexibility index (Phi) is 3.89. The number of fused-ring (bicyclic) bond motifs is 3. The van der Waals surface area contributed by atoms with Crippen LogP contribution in [-0.2, 0) is 19.4 Å². The zero-order valence-electron chi connectivity index (χ0n) is 14.7. The van der Waals surface area contributed by atoms with Gasteiger partial charge in [-0.15, -0.1) is 0 Å². The van der Waals surface area contributed by atoms with Crippen molar-refractivity contribution in [2.75, 3.05) is 7.05 Å². The van der Waals surface area contributed by atoms with Crippen molar-refractivity contribution in [1.82, 2.24) is 14.5 Å². The molecule has 1 aromatic carbocycles. The highest BCUT2D eigenvalue weighted by Gasteiger charge is 2.31. The predicted molar refractivity (Wildman–Crippen MR) is 99.2 cm³/mol. The van der Waals surface area contributed by atoms with Crippen LogP contribution in [-0.4, -0.2) is 27.5 Å². The first-order valence-corrected chi connectivity index (χ1v) is 8.87. The molecule has 24 heavy (non-hydrogen) atoms. The van der Waals surface area contributed by atoms with Crippen molar-refractivity contribution in [3.05, 3.63) is 65.6 Å². The van der Waals surface area contributed by atoms with Gasteiger partial charge in [-0.05, 0) is 56.6 Å². The largest absolute Gasteiger partial charge is 0.344 e. The number of para-hydroxylation sites is 1. The third-order valence-corrected chi connectivity index (χ3v) is 5.71.